The van der Waals surface area contributed by atoms with E-state index in [1.54, 1.807) is 0 Å². The molecule has 0 fully saturated rings. The van der Waals surface area contributed by atoms with E-state index in [1.807, 2.05) is 6.92 Å². The van der Waals surface area contributed by atoms with Gasteiger partial charge in [-0.3, -0.25) is 10.1 Å². The van der Waals surface area contributed by atoms with Gasteiger partial charge in [0.15, 0.2) is 0 Å². The maximum atomic E-state index is 11.7. The molecule has 0 aliphatic carbocycles. The van der Waals surface area contributed by atoms with Crippen LogP contribution in [0.5, 0.6) is 0 Å². The first kappa shape index (κ1) is 15.8. The average Bonchev–Trinajstić information content (AvgIpc) is 2.36. The molecule has 0 aromatic heterocycles. The first-order valence-electron chi connectivity index (χ1n) is 6.20. The Kier molecular flexibility index (Phi) is 5.37. The zero-order chi connectivity index (χ0) is 15.3. The van der Waals surface area contributed by atoms with Crippen molar-refractivity contribution in [3.8, 4) is 0 Å². The number of hydrogen-bond acceptors (Lipinski definition) is 5. The van der Waals surface area contributed by atoms with Crippen molar-refractivity contribution in [2.45, 2.75) is 26.7 Å². The molecule has 0 bridgehead atoms. The van der Waals surface area contributed by atoms with E-state index in [1.165, 1.54) is 32.2 Å². The lowest BCUT2D eigenvalue weighted by Gasteiger charge is -2.12. The van der Waals surface area contributed by atoms with E-state index < -0.39 is 10.9 Å². The molecule has 0 spiro atoms. The van der Waals surface area contributed by atoms with Crippen LogP contribution in [0.15, 0.2) is 18.2 Å². The molecular formula is C14H17NO5. The molecule has 0 heterocycles. The normalized spacial score (nSPS) is 11.8. The van der Waals surface area contributed by atoms with Crippen molar-refractivity contribution in [3.05, 3.63) is 39.4 Å². The molecule has 1 atom stereocenters. The number of carbonyl (C=O) groups is 2. The number of nitro groups is 1. The smallest absolute Gasteiger partial charge is 0.338 e. The summed E-state index contributed by atoms with van der Waals surface area (Å²) >= 11 is 0. The van der Waals surface area contributed by atoms with Crippen molar-refractivity contribution in [3.63, 3.8) is 0 Å². The zero-order valence-electron chi connectivity index (χ0n) is 11.7. The fourth-order valence-corrected chi connectivity index (χ4v) is 2.17. The number of benzene rings is 1. The second-order valence-electron chi connectivity index (χ2n) is 4.77. The monoisotopic (exact) mass is 279 g/mol. The summed E-state index contributed by atoms with van der Waals surface area (Å²) in [5, 5.41) is 11.1. The standard InChI is InChI=1S/C14H17NO5/c1-9(7-10(2)16)8-12-11(14(17)20-3)5-4-6-13(12)15(18)19/h4-6,9H,7-8H2,1-3H3. The molecule has 0 saturated heterocycles. The molecule has 0 aliphatic rings. The fraction of sp³-hybridized carbons (Fsp3) is 0.429. The number of hydrogen-bond donors (Lipinski definition) is 0. The molecule has 1 rings (SSSR count). The Morgan fingerprint density at radius 1 is 1.40 bits per heavy atom. The van der Waals surface area contributed by atoms with Crippen LogP contribution >= 0.6 is 0 Å². The quantitative estimate of drug-likeness (QED) is 0.453. The minimum Gasteiger partial charge on any atom is -0.465 e. The maximum absolute atomic E-state index is 11.7. The van der Waals surface area contributed by atoms with Crippen LogP contribution in [0.3, 0.4) is 0 Å². The van der Waals surface area contributed by atoms with E-state index in [2.05, 4.69) is 4.74 Å². The van der Waals surface area contributed by atoms with Crippen molar-refractivity contribution in [1.82, 2.24) is 0 Å². The lowest BCUT2D eigenvalue weighted by atomic mass is 9.92. The van der Waals surface area contributed by atoms with E-state index in [0.29, 0.717) is 12.0 Å². The number of nitro benzene ring substituents is 1. The van der Waals surface area contributed by atoms with E-state index in [-0.39, 0.29) is 29.4 Å². The molecule has 1 aromatic carbocycles. The summed E-state index contributed by atoms with van der Waals surface area (Å²) in [6.45, 7) is 3.29. The molecule has 6 nitrogen and oxygen atoms in total. The van der Waals surface area contributed by atoms with Crippen molar-refractivity contribution in [2.75, 3.05) is 7.11 Å². The first-order chi connectivity index (χ1) is 9.36. The minimum atomic E-state index is -0.612. The maximum Gasteiger partial charge on any atom is 0.338 e. The van der Waals surface area contributed by atoms with Gasteiger partial charge in [-0.2, -0.15) is 0 Å². The number of ketones is 1. The van der Waals surface area contributed by atoms with Crippen LogP contribution in [0.25, 0.3) is 0 Å². The lowest BCUT2D eigenvalue weighted by molar-refractivity contribution is -0.385. The van der Waals surface area contributed by atoms with Crippen LogP contribution in [0.1, 0.15) is 36.2 Å². The first-order valence-corrected chi connectivity index (χ1v) is 6.20. The highest BCUT2D eigenvalue weighted by Gasteiger charge is 2.23. The Morgan fingerprint density at radius 3 is 2.55 bits per heavy atom. The van der Waals surface area contributed by atoms with Crippen molar-refractivity contribution in [1.29, 1.82) is 0 Å². The third kappa shape index (κ3) is 3.88. The number of methoxy groups -OCH3 is 1. The average molecular weight is 279 g/mol. The SMILES string of the molecule is COC(=O)c1cccc([N+](=O)[O-])c1CC(C)CC(C)=O. The van der Waals surface area contributed by atoms with Gasteiger partial charge in [-0.05, 0) is 25.3 Å². The van der Waals surface area contributed by atoms with Crippen LogP contribution in [-0.4, -0.2) is 23.8 Å². The van der Waals surface area contributed by atoms with Gasteiger partial charge in [-0.1, -0.05) is 13.0 Å². The van der Waals surface area contributed by atoms with Crippen molar-refractivity contribution in [2.24, 2.45) is 5.92 Å². The van der Waals surface area contributed by atoms with Gasteiger partial charge in [-0.25, -0.2) is 4.79 Å². The highest BCUT2D eigenvalue weighted by molar-refractivity contribution is 5.92. The van der Waals surface area contributed by atoms with Crippen molar-refractivity contribution >= 4 is 17.4 Å². The molecule has 108 valence electrons. The summed E-state index contributed by atoms with van der Waals surface area (Å²) in [6, 6.07) is 4.29. The van der Waals surface area contributed by atoms with E-state index in [0.717, 1.165) is 0 Å². The topological polar surface area (TPSA) is 86.5 Å². The fourth-order valence-electron chi connectivity index (χ4n) is 2.17. The summed E-state index contributed by atoms with van der Waals surface area (Å²) in [7, 11) is 1.23. The largest absolute Gasteiger partial charge is 0.465 e. The Balaban J connectivity index is 3.21. The molecule has 0 radical (unpaired) electrons. The molecule has 20 heavy (non-hydrogen) atoms. The van der Waals surface area contributed by atoms with Gasteiger partial charge in [0.25, 0.3) is 5.69 Å². The molecule has 0 saturated carbocycles. The molecular weight excluding hydrogens is 262 g/mol. The van der Waals surface area contributed by atoms with Gasteiger partial charge < -0.3 is 9.53 Å². The Morgan fingerprint density at radius 2 is 2.05 bits per heavy atom. The summed E-state index contributed by atoms with van der Waals surface area (Å²) < 4.78 is 4.65. The predicted molar refractivity (Wildman–Crippen MR) is 72.6 cm³/mol. The molecule has 0 amide bonds. The van der Waals surface area contributed by atoms with Crippen molar-refractivity contribution < 1.29 is 19.2 Å². The number of esters is 1. The zero-order valence-corrected chi connectivity index (χ0v) is 11.7. The third-order valence-electron chi connectivity index (χ3n) is 2.94. The second-order valence-corrected chi connectivity index (χ2v) is 4.77. The number of nitrogens with zero attached hydrogens (tertiary/aromatic N) is 1. The van der Waals surface area contributed by atoms with Gasteiger partial charge in [0.1, 0.15) is 5.78 Å². The molecule has 1 unspecified atom stereocenters. The summed E-state index contributed by atoms with van der Waals surface area (Å²) in [6.07, 6.45) is 0.591. The number of ether oxygens (including phenoxy) is 1. The molecule has 6 heteroatoms. The van der Waals surface area contributed by atoms with Gasteiger partial charge in [0.05, 0.1) is 17.6 Å². The minimum absolute atomic E-state index is 0.00991. The molecule has 0 aliphatic heterocycles. The van der Waals surface area contributed by atoms with Gasteiger partial charge >= 0.3 is 5.97 Å². The second kappa shape index (κ2) is 6.79. The highest BCUT2D eigenvalue weighted by Crippen LogP contribution is 2.27. The van der Waals surface area contributed by atoms with E-state index in [4.69, 9.17) is 0 Å². The highest BCUT2D eigenvalue weighted by atomic mass is 16.6. The van der Waals surface area contributed by atoms with E-state index in [9.17, 15) is 19.7 Å². The summed E-state index contributed by atoms with van der Waals surface area (Å²) in [5.74, 6) is -0.688. The third-order valence-corrected chi connectivity index (χ3v) is 2.94. The van der Waals surface area contributed by atoms with Gasteiger partial charge in [0.2, 0.25) is 0 Å². The van der Waals surface area contributed by atoms with Gasteiger partial charge in [-0.15, -0.1) is 0 Å². The Bertz CT molecular complexity index is 538. The Labute approximate surface area is 116 Å². The van der Waals surface area contributed by atoms with E-state index >= 15 is 0 Å². The number of rotatable bonds is 6. The van der Waals surface area contributed by atoms with Gasteiger partial charge in [0, 0.05) is 18.1 Å². The van der Waals surface area contributed by atoms with Crippen LogP contribution in [0.2, 0.25) is 0 Å². The summed E-state index contributed by atoms with van der Waals surface area (Å²) in [4.78, 5) is 33.4. The van der Waals surface area contributed by atoms with Crippen LogP contribution in [0, 0.1) is 16.0 Å². The lowest BCUT2D eigenvalue weighted by Crippen LogP contribution is -2.12. The summed E-state index contributed by atoms with van der Waals surface area (Å²) in [5.41, 5.74) is 0.374. The molecule has 1 aromatic rings. The Hall–Kier alpha value is -2.24. The van der Waals surface area contributed by atoms with Crippen LogP contribution < -0.4 is 0 Å². The number of carbonyl (C=O) groups excluding carboxylic acids is 2. The predicted octanol–water partition coefficient (Wildman–Crippen LogP) is 2.54. The van der Waals surface area contributed by atoms with Crippen LogP contribution in [0.4, 0.5) is 5.69 Å². The molecule has 0 N–H and O–H groups in total. The number of Topliss-reactive ketones (excluding diaryl/α,β-unsaturated/α-hetero) is 1. The van der Waals surface area contributed by atoms with Crippen LogP contribution in [-0.2, 0) is 16.0 Å².